The van der Waals surface area contributed by atoms with E-state index in [0.29, 0.717) is 5.56 Å². The zero-order valence-electron chi connectivity index (χ0n) is 11.5. The van der Waals surface area contributed by atoms with Gasteiger partial charge < -0.3 is 5.32 Å². The minimum absolute atomic E-state index is 0.104. The molecule has 1 N–H and O–H groups in total. The summed E-state index contributed by atoms with van der Waals surface area (Å²) in [6.45, 7) is 0. The molecule has 0 aliphatic heterocycles. The molecule has 0 saturated carbocycles. The molecule has 3 rings (SSSR count). The molecule has 3 aromatic rings. The van der Waals surface area contributed by atoms with E-state index in [1.165, 1.54) is 10.8 Å². The lowest BCUT2D eigenvalue weighted by Gasteiger charge is -2.01. The van der Waals surface area contributed by atoms with Crippen LogP contribution in [0.1, 0.15) is 15.9 Å². The molecule has 0 aliphatic rings. The molecule has 0 heterocycles. The largest absolute Gasteiger partial charge is 0.329 e. The average molecular weight is 273 g/mol. The second kappa shape index (κ2) is 6.06. The van der Waals surface area contributed by atoms with Gasteiger partial charge in [-0.1, -0.05) is 54.6 Å². The molecule has 2 heteroatoms. The Morgan fingerprint density at radius 2 is 1.52 bits per heavy atom. The predicted octanol–water partition coefficient (Wildman–Crippen LogP) is 4.24. The van der Waals surface area contributed by atoms with Gasteiger partial charge in [-0.25, -0.2) is 0 Å². The molecule has 0 aromatic heterocycles. The first-order valence-corrected chi connectivity index (χ1v) is 6.84. The van der Waals surface area contributed by atoms with E-state index in [-0.39, 0.29) is 5.91 Å². The third-order valence-corrected chi connectivity index (χ3v) is 3.30. The Labute approximate surface area is 123 Å². The van der Waals surface area contributed by atoms with Crippen LogP contribution in [0.3, 0.4) is 0 Å². The van der Waals surface area contributed by atoms with Crippen LogP contribution < -0.4 is 5.32 Å². The summed E-state index contributed by atoms with van der Waals surface area (Å²) in [4.78, 5) is 11.9. The number of hydrogen-bond donors (Lipinski definition) is 1. The number of nitrogens with one attached hydrogen (secondary N) is 1. The van der Waals surface area contributed by atoms with Crippen LogP contribution in [-0.4, -0.2) is 5.91 Å². The lowest BCUT2D eigenvalue weighted by molar-refractivity contribution is 0.0970. The van der Waals surface area contributed by atoms with Gasteiger partial charge in [0.15, 0.2) is 0 Å². The molecule has 0 fully saturated rings. The Bertz CT molecular complexity index is 791. The third kappa shape index (κ3) is 3.18. The van der Waals surface area contributed by atoms with Gasteiger partial charge in [0.1, 0.15) is 0 Å². The second-order valence-corrected chi connectivity index (χ2v) is 4.78. The van der Waals surface area contributed by atoms with Gasteiger partial charge in [-0.15, -0.1) is 0 Å². The van der Waals surface area contributed by atoms with Crippen molar-refractivity contribution >= 4 is 22.8 Å². The fraction of sp³-hybridized carbons (Fsp3) is 0. The van der Waals surface area contributed by atoms with Crippen LogP contribution in [-0.2, 0) is 0 Å². The molecule has 0 radical (unpaired) electrons. The first-order chi connectivity index (χ1) is 10.3. The molecule has 3 aromatic carbocycles. The minimum Gasteiger partial charge on any atom is -0.329 e. The fourth-order valence-electron chi connectivity index (χ4n) is 2.20. The lowest BCUT2D eigenvalue weighted by Crippen LogP contribution is -2.16. The van der Waals surface area contributed by atoms with Crippen molar-refractivity contribution in [3.63, 3.8) is 0 Å². The van der Waals surface area contributed by atoms with E-state index < -0.39 is 0 Å². The minimum atomic E-state index is -0.104. The number of benzene rings is 3. The van der Waals surface area contributed by atoms with Gasteiger partial charge in [-0.2, -0.15) is 0 Å². The van der Waals surface area contributed by atoms with E-state index in [9.17, 15) is 4.79 Å². The Kier molecular flexibility index (Phi) is 3.79. The topological polar surface area (TPSA) is 29.1 Å². The van der Waals surface area contributed by atoms with Crippen molar-refractivity contribution in [3.05, 3.63) is 90.1 Å². The Morgan fingerprint density at radius 1 is 0.810 bits per heavy atom. The molecular weight excluding hydrogens is 258 g/mol. The van der Waals surface area contributed by atoms with Crippen LogP contribution in [0.4, 0.5) is 0 Å². The zero-order valence-corrected chi connectivity index (χ0v) is 11.5. The standard InChI is InChI=1S/C19H15NO/c21-19(17-7-2-1-3-8-17)20-13-12-15-10-11-16-6-4-5-9-18(16)14-15/h1-14H,(H,20,21)/b13-12+. The molecule has 0 saturated heterocycles. The maximum Gasteiger partial charge on any atom is 0.255 e. The van der Waals surface area contributed by atoms with Crippen LogP contribution in [0, 0.1) is 0 Å². The molecule has 0 atom stereocenters. The average Bonchev–Trinajstić information content (AvgIpc) is 2.55. The quantitative estimate of drug-likeness (QED) is 0.759. The van der Waals surface area contributed by atoms with Gasteiger partial charge in [-0.05, 0) is 40.6 Å². The first-order valence-electron chi connectivity index (χ1n) is 6.84. The maximum absolute atomic E-state index is 11.9. The summed E-state index contributed by atoms with van der Waals surface area (Å²) in [5, 5.41) is 5.18. The van der Waals surface area contributed by atoms with Crippen molar-refractivity contribution in [3.8, 4) is 0 Å². The smallest absolute Gasteiger partial charge is 0.255 e. The van der Waals surface area contributed by atoms with E-state index in [4.69, 9.17) is 0 Å². The summed E-state index contributed by atoms with van der Waals surface area (Å²) in [5.41, 5.74) is 1.71. The highest BCUT2D eigenvalue weighted by molar-refractivity contribution is 5.95. The van der Waals surface area contributed by atoms with Crippen molar-refractivity contribution in [1.82, 2.24) is 5.32 Å². The molecule has 0 bridgehead atoms. The van der Waals surface area contributed by atoms with Crippen molar-refractivity contribution in [2.75, 3.05) is 0 Å². The van der Waals surface area contributed by atoms with Crippen LogP contribution in [0.5, 0.6) is 0 Å². The van der Waals surface area contributed by atoms with Crippen LogP contribution >= 0.6 is 0 Å². The van der Waals surface area contributed by atoms with Gasteiger partial charge in [-0.3, -0.25) is 4.79 Å². The molecule has 1 amide bonds. The molecule has 0 aliphatic carbocycles. The summed E-state index contributed by atoms with van der Waals surface area (Å²) in [6, 6.07) is 23.6. The molecule has 0 unspecified atom stereocenters. The van der Waals surface area contributed by atoms with Crippen LogP contribution in [0.25, 0.3) is 16.8 Å². The number of amides is 1. The van der Waals surface area contributed by atoms with E-state index in [1.807, 2.05) is 42.5 Å². The van der Waals surface area contributed by atoms with Crippen molar-refractivity contribution in [2.24, 2.45) is 0 Å². The Balaban J connectivity index is 1.71. The number of carbonyl (C=O) groups is 1. The number of carbonyl (C=O) groups excluding carboxylic acids is 1. The zero-order chi connectivity index (χ0) is 14.5. The summed E-state index contributed by atoms with van der Waals surface area (Å²) in [6.07, 6.45) is 3.58. The normalized spacial score (nSPS) is 10.9. The summed E-state index contributed by atoms with van der Waals surface area (Å²) >= 11 is 0. The van der Waals surface area contributed by atoms with Gasteiger partial charge >= 0.3 is 0 Å². The van der Waals surface area contributed by atoms with Gasteiger partial charge in [0, 0.05) is 11.8 Å². The van der Waals surface area contributed by atoms with Gasteiger partial charge in [0.2, 0.25) is 0 Å². The number of fused-ring (bicyclic) bond motifs is 1. The molecule has 0 spiro atoms. The second-order valence-electron chi connectivity index (χ2n) is 4.78. The summed E-state index contributed by atoms with van der Waals surface area (Å²) in [5.74, 6) is -0.104. The monoisotopic (exact) mass is 273 g/mol. The van der Waals surface area contributed by atoms with E-state index in [0.717, 1.165) is 5.56 Å². The highest BCUT2D eigenvalue weighted by Crippen LogP contribution is 2.16. The van der Waals surface area contributed by atoms with E-state index in [1.54, 1.807) is 18.3 Å². The molecule has 21 heavy (non-hydrogen) atoms. The van der Waals surface area contributed by atoms with E-state index in [2.05, 4.69) is 29.6 Å². The first kappa shape index (κ1) is 13.1. The fourth-order valence-corrected chi connectivity index (χ4v) is 2.20. The third-order valence-electron chi connectivity index (χ3n) is 3.30. The molecule has 102 valence electrons. The number of rotatable bonds is 3. The summed E-state index contributed by atoms with van der Waals surface area (Å²) < 4.78 is 0. The van der Waals surface area contributed by atoms with Gasteiger partial charge in [0.25, 0.3) is 5.91 Å². The molecule has 2 nitrogen and oxygen atoms in total. The maximum atomic E-state index is 11.9. The van der Waals surface area contributed by atoms with Crippen molar-refractivity contribution in [2.45, 2.75) is 0 Å². The highest BCUT2D eigenvalue weighted by atomic mass is 16.1. The lowest BCUT2D eigenvalue weighted by atomic mass is 10.1. The Hall–Kier alpha value is -2.87. The van der Waals surface area contributed by atoms with E-state index >= 15 is 0 Å². The predicted molar refractivity (Wildman–Crippen MR) is 86.9 cm³/mol. The summed E-state index contributed by atoms with van der Waals surface area (Å²) in [7, 11) is 0. The van der Waals surface area contributed by atoms with Crippen LogP contribution in [0.15, 0.2) is 79.0 Å². The van der Waals surface area contributed by atoms with Crippen LogP contribution in [0.2, 0.25) is 0 Å². The SMILES string of the molecule is O=C(N/C=C/c1ccc2ccccc2c1)c1ccccc1. The van der Waals surface area contributed by atoms with Crippen molar-refractivity contribution in [1.29, 1.82) is 0 Å². The number of hydrogen-bond acceptors (Lipinski definition) is 1. The molecular formula is C19H15NO. The highest BCUT2D eigenvalue weighted by Gasteiger charge is 2.00. The van der Waals surface area contributed by atoms with Crippen molar-refractivity contribution < 1.29 is 4.79 Å². The Morgan fingerprint density at radius 3 is 2.33 bits per heavy atom. The van der Waals surface area contributed by atoms with Gasteiger partial charge in [0.05, 0.1) is 0 Å².